The fourth-order valence-electron chi connectivity index (χ4n) is 1.18. The molecule has 0 saturated carbocycles. The van der Waals surface area contributed by atoms with Crippen molar-refractivity contribution in [3.63, 3.8) is 0 Å². The van der Waals surface area contributed by atoms with Crippen LogP contribution in [-0.2, 0) is 15.1 Å². The Labute approximate surface area is 124 Å². The van der Waals surface area contributed by atoms with E-state index in [0.29, 0.717) is 0 Å². The van der Waals surface area contributed by atoms with Crippen LogP contribution in [0.1, 0.15) is 18.8 Å². The standard InChI is InChI=1S/C9H10N3.2ClH.2H3P.Ru/c1-6(10)9-11-7-4-2-3-5-8(7)12-9;;;;;/h2-6,10H,1H3,(H,11,12);2*1H;2*1H3;/q-1;;;;;+2/p-2/t6-;;;;;/m0...../s1. The Morgan fingerprint density at radius 3 is 2.29 bits per heavy atom. The van der Waals surface area contributed by atoms with Crippen LogP contribution in [0.4, 0.5) is 0 Å². The van der Waals surface area contributed by atoms with E-state index in [-0.39, 0.29) is 41.0 Å². The van der Waals surface area contributed by atoms with Crippen molar-refractivity contribution in [3.8, 4) is 0 Å². The summed E-state index contributed by atoms with van der Waals surface area (Å²) in [4.78, 5) is 7.37. The topological polar surface area (TPSA) is 52.5 Å². The fourth-order valence-corrected chi connectivity index (χ4v) is 1.18. The molecule has 2 N–H and O–H groups in total. The quantitative estimate of drug-likeness (QED) is 0.567. The van der Waals surface area contributed by atoms with Crippen LogP contribution in [0.25, 0.3) is 16.8 Å². The Morgan fingerprint density at radius 2 is 1.82 bits per heavy atom. The molecule has 0 amide bonds. The molecular formula is C9H16Cl2N3P2Ru-. The average molecular weight is 400 g/mol. The molecule has 0 saturated heterocycles. The van der Waals surface area contributed by atoms with Crippen LogP contribution in [0, 0.1) is 0 Å². The number of fused-ring (bicyclic) bond motifs is 1. The molecule has 0 bridgehead atoms. The van der Waals surface area contributed by atoms with Gasteiger partial charge in [-0.15, -0.1) is 0 Å². The maximum absolute atomic E-state index is 7.46. The molecule has 0 spiro atoms. The van der Waals surface area contributed by atoms with Gasteiger partial charge in [0.1, 0.15) is 0 Å². The monoisotopic (exact) mass is 400 g/mol. The Morgan fingerprint density at radius 1 is 1.29 bits per heavy atom. The minimum absolute atomic E-state index is 0. The SMILES string of the molecule is C[C@H]([NH-])c1nc2ccccc2[nH]1.P.P.[Cl][Ru][Cl]. The zero-order valence-corrected chi connectivity index (χ0v) is 15.4. The normalized spacial score (nSPS) is 10.8. The zero-order valence-electron chi connectivity index (χ0n) is 9.36. The van der Waals surface area contributed by atoms with E-state index >= 15 is 0 Å². The third-order valence-corrected chi connectivity index (χ3v) is 1.82. The van der Waals surface area contributed by atoms with E-state index in [9.17, 15) is 0 Å². The molecule has 8 heteroatoms. The average Bonchev–Trinajstić information content (AvgIpc) is 2.62. The van der Waals surface area contributed by atoms with E-state index in [4.69, 9.17) is 25.1 Å². The third-order valence-electron chi connectivity index (χ3n) is 1.82. The van der Waals surface area contributed by atoms with Gasteiger partial charge in [0, 0.05) is 0 Å². The van der Waals surface area contributed by atoms with E-state index < -0.39 is 0 Å². The summed E-state index contributed by atoms with van der Waals surface area (Å²) in [6.07, 6.45) is 0. The van der Waals surface area contributed by atoms with E-state index in [1.54, 1.807) is 6.92 Å². The van der Waals surface area contributed by atoms with Crippen LogP contribution in [0.15, 0.2) is 24.3 Å². The summed E-state index contributed by atoms with van der Waals surface area (Å²) in [7, 11) is 9.71. The summed E-state index contributed by atoms with van der Waals surface area (Å²) in [6.45, 7) is 1.80. The van der Waals surface area contributed by atoms with Gasteiger partial charge in [0.15, 0.2) is 0 Å². The van der Waals surface area contributed by atoms with Gasteiger partial charge in [-0.25, -0.2) is 4.98 Å². The summed E-state index contributed by atoms with van der Waals surface area (Å²) in [6, 6.07) is 7.53. The first-order chi connectivity index (χ1) is 7.19. The van der Waals surface area contributed by atoms with Gasteiger partial charge >= 0.3 is 34.5 Å². The fraction of sp³-hybridized carbons (Fsp3) is 0.222. The molecule has 0 fully saturated rings. The van der Waals surface area contributed by atoms with Crippen molar-refractivity contribution in [2.45, 2.75) is 13.0 Å². The summed E-state index contributed by atoms with van der Waals surface area (Å²) in [5.74, 6) is 0.733. The molecule has 100 valence electrons. The van der Waals surface area contributed by atoms with Gasteiger partial charge in [-0.05, 0) is 12.1 Å². The molecule has 0 aliphatic rings. The second-order valence-corrected chi connectivity index (χ2v) is 5.55. The first kappa shape index (κ1) is 20.0. The van der Waals surface area contributed by atoms with Crippen LogP contribution in [0.3, 0.4) is 0 Å². The Balaban J connectivity index is 0. The summed E-state index contributed by atoms with van der Waals surface area (Å²) >= 11 is -0.346. The first-order valence-corrected chi connectivity index (χ1v) is 8.67. The molecule has 2 aromatic rings. The van der Waals surface area contributed by atoms with Crippen LogP contribution in [-0.4, -0.2) is 9.97 Å². The van der Waals surface area contributed by atoms with Gasteiger partial charge in [0.25, 0.3) is 0 Å². The predicted octanol–water partition coefficient (Wildman–Crippen LogP) is 4.17. The third kappa shape index (κ3) is 6.43. The van der Waals surface area contributed by atoms with Crippen molar-refractivity contribution >= 4 is 50.2 Å². The number of hydrogen-bond acceptors (Lipinski definition) is 1. The number of rotatable bonds is 1. The number of para-hydroxylation sites is 2. The van der Waals surface area contributed by atoms with Crippen molar-refractivity contribution in [2.75, 3.05) is 0 Å². The number of aromatic nitrogens is 2. The molecule has 17 heavy (non-hydrogen) atoms. The minimum atomic E-state index is -0.346. The van der Waals surface area contributed by atoms with Gasteiger partial charge in [0.05, 0.1) is 16.9 Å². The predicted molar refractivity (Wildman–Crippen MR) is 82.7 cm³/mol. The maximum atomic E-state index is 7.46. The van der Waals surface area contributed by atoms with Gasteiger partial charge in [0.2, 0.25) is 0 Å². The van der Waals surface area contributed by atoms with Crippen molar-refractivity contribution in [2.24, 2.45) is 0 Å². The second-order valence-electron chi connectivity index (χ2n) is 2.91. The Kier molecular flexibility index (Phi) is 12.5. The molecule has 0 aliphatic carbocycles. The van der Waals surface area contributed by atoms with Crippen LogP contribution >= 0.6 is 39.2 Å². The van der Waals surface area contributed by atoms with Crippen LogP contribution < -0.4 is 0 Å². The molecule has 2 unspecified atom stereocenters. The number of H-pyrrole nitrogens is 1. The van der Waals surface area contributed by atoms with E-state index in [0.717, 1.165) is 16.9 Å². The van der Waals surface area contributed by atoms with Gasteiger partial charge in [-0.2, -0.15) is 19.8 Å². The van der Waals surface area contributed by atoms with Crippen molar-refractivity contribution < 1.29 is 15.1 Å². The van der Waals surface area contributed by atoms with Crippen LogP contribution in [0.5, 0.6) is 0 Å². The molecule has 1 aromatic carbocycles. The first-order valence-electron chi connectivity index (χ1n) is 4.20. The molecule has 1 aromatic heterocycles. The zero-order chi connectivity index (χ0) is 11.3. The van der Waals surface area contributed by atoms with Gasteiger partial charge in [-0.3, -0.25) is 0 Å². The number of aromatic amines is 1. The van der Waals surface area contributed by atoms with Crippen LogP contribution in [0.2, 0.25) is 0 Å². The molecule has 0 aliphatic heterocycles. The molecular weight excluding hydrogens is 384 g/mol. The molecule has 0 radical (unpaired) electrons. The van der Waals surface area contributed by atoms with Crippen molar-refractivity contribution in [3.05, 3.63) is 35.8 Å². The molecule has 3 nitrogen and oxygen atoms in total. The van der Waals surface area contributed by atoms with E-state index in [1.165, 1.54) is 0 Å². The van der Waals surface area contributed by atoms with E-state index in [2.05, 4.69) is 9.97 Å². The summed E-state index contributed by atoms with van der Waals surface area (Å²) < 4.78 is 0. The van der Waals surface area contributed by atoms with Gasteiger partial charge < -0.3 is 10.7 Å². The summed E-state index contributed by atoms with van der Waals surface area (Å²) in [5.41, 5.74) is 9.40. The van der Waals surface area contributed by atoms with Crippen molar-refractivity contribution in [1.29, 1.82) is 0 Å². The number of halogens is 2. The van der Waals surface area contributed by atoms with Crippen molar-refractivity contribution in [1.82, 2.24) is 9.97 Å². The molecule has 3 atom stereocenters. The molecule has 1 heterocycles. The summed E-state index contributed by atoms with van der Waals surface area (Å²) in [5, 5.41) is 0. The number of benzene rings is 1. The van der Waals surface area contributed by atoms with Gasteiger partial charge in [-0.1, -0.05) is 25.1 Å². The number of nitrogens with zero attached hydrogens (tertiary/aromatic N) is 1. The number of nitrogens with one attached hydrogen (secondary N) is 2. The number of hydrogen-bond donors (Lipinski definition) is 1. The Bertz CT molecular complexity index is 392. The molecule has 2 rings (SSSR count). The van der Waals surface area contributed by atoms with E-state index in [1.807, 2.05) is 24.3 Å². The second kappa shape index (κ2) is 10.6. The Hall–Kier alpha value is 0.713. The number of imidazole rings is 1.